The lowest BCUT2D eigenvalue weighted by atomic mass is 10.1. The fraction of sp³-hybridized carbons (Fsp3) is 0.250. The van der Waals surface area contributed by atoms with Gasteiger partial charge in [0.25, 0.3) is 6.47 Å². The number of benzene rings is 1. The molecule has 0 saturated carbocycles. The second-order valence-electron chi connectivity index (χ2n) is 3.58. The highest BCUT2D eigenvalue weighted by atomic mass is 16.5. The number of hydrogen-bond acceptors (Lipinski definition) is 2. The van der Waals surface area contributed by atoms with Gasteiger partial charge in [-0.1, -0.05) is 11.6 Å². The van der Waals surface area contributed by atoms with Gasteiger partial charge in [-0.05, 0) is 24.6 Å². The Morgan fingerprint density at radius 2 is 2.33 bits per heavy atom. The molecule has 0 amide bonds. The van der Waals surface area contributed by atoms with E-state index in [1.54, 1.807) is 0 Å². The highest BCUT2D eigenvalue weighted by Gasteiger charge is 2.03. The number of fused-ring (bicyclic) bond motifs is 1. The monoisotopic (exact) mass is 203 g/mol. The first-order valence-electron chi connectivity index (χ1n) is 4.93. The molecule has 15 heavy (non-hydrogen) atoms. The van der Waals surface area contributed by atoms with Gasteiger partial charge in [-0.2, -0.15) is 0 Å². The van der Waals surface area contributed by atoms with E-state index >= 15 is 0 Å². The molecule has 1 aromatic heterocycles. The molecule has 1 aromatic carbocycles. The Balaban J connectivity index is 2.27. The molecule has 0 aliphatic rings. The van der Waals surface area contributed by atoms with Crippen LogP contribution in [0.15, 0.2) is 24.4 Å². The molecule has 0 aliphatic heterocycles. The van der Waals surface area contributed by atoms with Gasteiger partial charge in [0, 0.05) is 23.5 Å². The first-order valence-corrected chi connectivity index (χ1v) is 4.93. The number of carbonyl (C=O) groups is 1. The van der Waals surface area contributed by atoms with E-state index < -0.39 is 0 Å². The van der Waals surface area contributed by atoms with Crippen molar-refractivity contribution in [3.05, 3.63) is 35.5 Å². The minimum Gasteiger partial charge on any atom is -0.468 e. The number of H-pyrrole nitrogens is 1. The Kier molecular flexibility index (Phi) is 2.72. The van der Waals surface area contributed by atoms with Crippen LogP contribution in [0, 0.1) is 6.92 Å². The molecule has 1 heterocycles. The van der Waals surface area contributed by atoms with Crippen LogP contribution >= 0.6 is 0 Å². The molecule has 3 heteroatoms. The van der Waals surface area contributed by atoms with Gasteiger partial charge in [0.1, 0.15) is 0 Å². The zero-order chi connectivity index (χ0) is 10.7. The van der Waals surface area contributed by atoms with E-state index in [0.717, 1.165) is 11.9 Å². The Labute approximate surface area is 88.1 Å². The summed E-state index contributed by atoms with van der Waals surface area (Å²) < 4.78 is 4.69. The summed E-state index contributed by atoms with van der Waals surface area (Å²) in [5, 5.41) is 1.21. The molecule has 3 nitrogen and oxygen atoms in total. The maximum Gasteiger partial charge on any atom is 0.293 e. The highest BCUT2D eigenvalue weighted by molar-refractivity contribution is 5.83. The van der Waals surface area contributed by atoms with E-state index in [1.807, 2.05) is 6.20 Å². The first-order chi connectivity index (χ1) is 7.31. The lowest BCUT2D eigenvalue weighted by molar-refractivity contribution is -0.128. The van der Waals surface area contributed by atoms with Crippen LogP contribution in [0.4, 0.5) is 0 Å². The van der Waals surface area contributed by atoms with Crippen LogP contribution in [0.2, 0.25) is 0 Å². The predicted octanol–water partition coefficient (Wildman–Crippen LogP) is 2.19. The van der Waals surface area contributed by atoms with E-state index in [0.29, 0.717) is 13.1 Å². The van der Waals surface area contributed by atoms with Gasteiger partial charge in [-0.3, -0.25) is 4.79 Å². The Morgan fingerprint density at radius 3 is 3.13 bits per heavy atom. The number of nitrogens with one attached hydrogen (secondary N) is 1. The van der Waals surface area contributed by atoms with Crippen molar-refractivity contribution in [2.24, 2.45) is 0 Å². The minimum absolute atomic E-state index is 0.435. The molecule has 0 unspecified atom stereocenters. The number of aromatic nitrogens is 1. The summed E-state index contributed by atoms with van der Waals surface area (Å²) in [6, 6.07) is 6.28. The molecule has 1 N–H and O–H groups in total. The Morgan fingerprint density at radius 1 is 1.47 bits per heavy atom. The molecular weight excluding hydrogens is 190 g/mol. The van der Waals surface area contributed by atoms with E-state index in [4.69, 9.17) is 4.74 Å². The topological polar surface area (TPSA) is 42.1 Å². The van der Waals surface area contributed by atoms with Gasteiger partial charge in [0.2, 0.25) is 0 Å². The van der Waals surface area contributed by atoms with Crippen LogP contribution in [-0.4, -0.2) is 18.1 Å². The number of ether oxygens (including phenoxy) is 1. The summed E-state index contributed by atoms with van der Waals surface area (Å²) >= 11 is 0. The maximum atomic E-state index is 10.0. The minimum atomic E-state index is 0.435. The number of aromatic amines is 1. The summed E-state index contributed by atoms with van der Waals surface area (Å²) in [6.07, 6.45) is 2.72. The van der Waals surface area contributed by atoms with Gasteiger partial charge < -0.3 is 9.72 Å². The number of carbonyl (C=O) groups excluding carboxylic acids is 1. The molecule has 78 valence electrons. The van der Waals surface area contributed by atoms with Crippen molar-refractivity contribution in [3.63, 3.8) is 0 Å². The van der Waals surface area contributed by atoms with Crippen LogP contribution in [0.5, 0.6) is 0 Å². The number of rotatable bonds is 4. The second-order valence-corrected chi connectivity index (χ2v) is 3.58. The molecule has 2 aromatic rings. The van der Waals surface area contributed by atoms with Crippen LogP contribution in [0.3, 0.4) is 0 Å². The van der Waals surface area contributed by atoms with E-state index in [9.17, 15) is 4.79 Å². The summed E-state index contributed by atoms with van der Waals surface area (Å²) in [7, 11) is 0. The lowest BCUT2D eigenvalue weighted by Gasteiger charge is -1.99. The van der Waals surface area contributed by atoms with Crippen LogP contribution in [0.25, 0.3) is 10.9 Å². The third-order valence-electron chi connectivity index (χ3n) is 2.48. The van der Waals surface area contributed by atoms with Gasteiger partial charge in [0.15, 0.2) is 0 Å². The van der Waals surface area contributed by atoms with Crippen molar-refractivity contribution in [1.29, 1.82) is 0 Å². The van der Waals surface area contributed by atoms with E-state index in [-0.39, 0.29) is 0 Å². The third-order valence-corrected chi connectivity index (χ3v) is 2.48. The van der Waals surface area contributed by atoms with Crippen molar-refractivity contribution < 1.29 is 9.53 Å². The zero-order valence-corrected chi connectivity index (χ0v) is 8.62. The fourth-order valence-electron chi connectivity index (χ4n) is 1.72. The lowest BCUT2D eigenvalue weighted by Crippen LogP contribution is -1.95. The van der Waals surface area contributed by atoms with Crippen LogP contribution in [-0.2, 0) is 16.0 Å². The van der Waals surface area contributed by atoms with Crippen LogP contribution < -0.4 is 0 Å². The van der Waals surface area contributed by atoms with Crippen molar-refractivity contribution in [1.82, 2.24) is 4.98 Å². The van der Waals surface area contributed by atoms with Crippen molar-refractivity contribution in [2.45, 2.75) is 13.3 Å². The SMILES string of the molecule is Cc1ccc2[nH]cc(CCOC=O)c2c1. The average molecular weight is 203 g/mol. The summed E-state index contributed by atoms with van der Waals surface area (Å²) in [6.45, 7) is 2.99. The summed E-state index contributed by atoms with van der Waals surface area (Å²) in [4.78, 5) is 13.2. The molecule has 0 radical (unpaired) electrons. The Hall–Kier alpha value is -1.77. The van der Waals surface area contributed by atoms with Crippen molar-refractivity contribution in [3.8, 4) is 0 Å². The van der Waals surface area contributed by atoms with Crippen LogP contribution in [0.1, 0.15) is 11.1 Å². The molecular formula is C12H13NO2. The van der Waals surface area contributed by atoms with Gasteiger partial charge in [-0.25, -0.2) is 0 Å². The van der Waals surface area contributed by atoms with E-state index in [2.05, 4.69) is 30.1 Å². The normalized spacial score (nSPS) is 10.5. The highest BCUT2D eigenvalue weighted by Crippen LogP contribution is 2.19. The standard InChI is InChI=1S/C12H13NO2/c1-9-2-3-12-11(6-9)10(7-13-12)4-5-15-8-14/h2-3,6-8,13H,4-5H2,1H3. The second kappa shape index (κ2) is 4.17. The third kappa shape index (κ3) is 2.01. The molecule has 0 aliphatic carbocycles. The van der Waals surface area contributed by atoms with Crippen molar-refractivity contribution >= 4 is 17.4 Å². The summed E-state index contributed by atoms with van der Waals surface area (Å²) in [5.41, 5.74) is 3.55. The van der Waals surface area contributed by atoms with E-state index in [1.165, 1.54) is 16.5 Å². The first kappa shape index (κ1) is 9.77. The van der Waals surface area contributed by atoms with Gasteiger partial charge in [0.05, 0.1) is 6.61 Å². The average Bonchev–Trinajstić information content (AvgIpc) is 2.62. The summed E-state index contributed by atoms with van der Waals surface area (Å²) in [5.74, 6) is 0. The molecule has 2 rings (SSSR count). The zero-order valence-electron chi connectivity index (χ0n) is 8.62. The van der Waals surface area contributed by atoms with Gasteiger partial charge >= 0.3 is 0 Å². The maximum absolute atomic E-state index is 10.0. The molecule has 0 fully saturated rings. The molecule has 0 bridgehead atoms. The Bertz CT molecular complexity index is 473. The largest absolute Gasteiger partial charge is 0.468 e. The smallest absolute Gasteiger partial charge is 0.293 e. The predicted molar refractivity (Wildman–Crippen MR) is 58.8 cm³/mol. The molecule has 0 spiro atoms. The fourth-order valence-corrected chi connectivity index (χ4v) is 1.72. The number of hydrogen-bond donors (Lipinski definition) is 1. The molecule has 0 saturated heterocycles. The number of aryl methyl sites for hydroxylation is 1. The molecule has 0 atom stereocenters. The van der Waals surface area contributed by atoms with Crippen molar-refractivity contribution in [2.75, 3.05) is 6.61 Å². The quantitative estimate of drug-likeness (QED) is 0.611. The van der Waals surface area contributed by atoms with Gasteiger partial charge in [-0.15, -0.1) is 0 Å².